The normalized spacial score (nSPS) is 14.7. The lowest BCUT2D eigenvalue weighted by atomic mass is 10.2. The van der Waals surface area contributed by atoms with Crippen LogP contribution < -0.4 is 0 Å². The van der Waals surface area contributed by atoms with Crippen molar-refractivity contribution in [2.75, 3.05) is 6.54 Å². The minimum Gasteiger partial charge on any atom is -0.326 e. The third-order valence-corrected chi connectivity index (χ3v) is 4.03. The van der Waals surface area contributed by atoms with E-state index in [2.05, 4.69) is 36.6 Å². The van der Waals surface area contributed by atoms with E-state index < -0.39 is 0 Å². The van der Waals surface area contributed by atoms with Crippen molar-refractivity contribution in [2.45, 2.75) is 19.6 Å². The van der Waals surface area contributed by atoms with Gasteiger partial charge in [0.15, 0.2) is 0 Å². The molecule has 4 rings (SSSR count). The van der Waals surface area contributed by atoms with Crippen molar-refractivity contribution in [1.29, 1.82) is 0 Å². The Balaban J connectivity index is 1.54. The monoisotopic (exact) mass is 291 g/mol. The first-order chi connectivity index (χ1) is 10.9. The molecule has 1 aliphatic heterocycles. The molecule has 5 heteroatoms. The fourth-order valence-corrected chi connectivity index (χ4v) is 2.94. The van der Waals surface area contributed by atoms with Gasteiger partial charge in [0, 0.05) is 50.0 Å². The van der Waals surface area contributed by atoms with Crippen molar-refractivity contribution in [2.24, 2.45) is 0 Å². The van der Waals surface area contributed by atoms with Gasteiger partial charge in [0.25, 0.3) is 0 Å². The molecule has 110 valence electrons. The first kappa shape index (κ1) is 13.2. The van der Waals surface area contributed by atoms with Crippen molar-refractivity contribution in [3.63, 3.8) is 0 Å². The summed E-state index contributed by atoms with van der Waals surface area (Å²) >= 11 is 0. The van der Waals surface area contributed by atoms with Gasteiger partial charge in [-0.25, -0.2) is 4.98 Å². The molecule has 0 saturated carbocycles. The Morgan fingerprint density at radius 2 is 1.82 bits per heavy atom. The second-order valence-corrected chi connectivity index (χ2v) is 5.52. The number of hydrogen-bond donors (Lipinski definition) is 0. The molecule has 22 heavy (non-hydrogen) atoms. The number of rotatable bonds is 3. The van der Waals surface area contributed by atoms with E-state index in [1.165, 1.54) is 5.56 Å². The molecule has 0 unspecified atom stereocenters. The number of pyridine rings is 2. The maximum atomic E-state index is 4.60. The number of aromatic nitrogens is 4. The Labute approximate surface area is 129 Å². The number of nitrogens with zero attached hydrogens (tertiary/aromatic N) is 5. The van der Waals surface area contributed by atoms with E-state index in [0.717, 1.165) is 43.3 Å². The topological polar surface area (TPSA) is 46.8 Å². The molecule has 0 fully saturated rings. The van der Waals surface area contributed by atoms with Crippen LogP contribution in [0.4, 0.5) is 0 Å². The predicted octanol–water partition coefficient (Wildman–Crippen LogP) is 2.36. The molecule has 1 aliphatic rings. The lowest BCUT2D eigenvalue weighted by molar-refractivity contribution is 0.209. The molecule has 0 aromatic carbocycles. The van der Waals surface area contributed by atoms with E-state index in [0.29, 0.717) is 0 Å². The molecule has 0 bridgehead atoms. The lowest BCUT2D eigenvalue weighted by Crippen LogP contribution is -2.33. The van der Waals surface area contributed by atoms with Crippen molar-refractivity contribution >= 4 is 0 Å². The molecular weight excluding hydrogens is 274 g/mol. The molecule has 3 aromatic rings. The number of fused-ring (bicyclic) bond motifs is 1. The molecule has 0 aliphatic carbocycles. The zero-order valence-corrected chi connectivity index (χ0v) is 12.3. The highest BCUT2D eigenvalue weighted by molar-refractivity contribution is 5.58. The smallest absolute Gasteiger partial charge is 0.123 e. The Kier molecular flexibility index (Phi) is 3.40. The molecule has 5 nitrogen and oxygen atoms in total. The Hall–Kier alpha value is -2.53. The van der Waals surface area contributed by atoms with E-state index in [1.807, 2.05) is 36.9 Å². The highest BCUT2D eigenvalue weighted by Gasteiger charge is 2.20. The predicted molar refractivity (Wildman–Crippen MR) is 83.8 cm³/mol. The molecule has 0 N–H and O–H groups in total. The molecule has 0 spiro atoms. The third kappa shape index (κ3) is 2.51. The van der Waals surface area contributed by atoms with Crippen LogP contribution in [0.25, 0.3) is 11.3 Å². The van der Waals surface area contributed by atoms with Gasteiger partial charge < -0.3 is 4.57 Å². The van der Waals surface area contributed by atoms with Crippen molar-refractivity contribution in [3.05, 3.63) is 66.6 Å². The summed E-state index contributed by atoms with van der Waals surface area (Å²) in [7, 11) is 0. The van der Waals surface area contributed by atoms with Crippen molar-refractivity contribution in [3.8, 4) is 11.3 Å². The Bertz CT molecular complexity index is 751. The molecule has 4 heterocycles. The summed E-state index contributed by atoms with van der Waals surface area (Å²) in [4.78, 5) is 15.4. The molecule has 3 aromatic heterocycles. The molecule has 0 atom stereocenters. The maximum absolute atomic E-state index is 4.60. The zero-order valence-electron chi connectivity index (χ0n) is 12.3. The third-order valence-electron chi connectivity index (χ3n) is 4.03. The maximum Gasteiger partial charge on any atom is 0.123 e. The van der Waals surface area contributed by atoms with E-state index in [-0.39, 0.29) is 0 Å². The van der Waals surface area contributed by atoms with E-state index in [1.54, 1.807) is 6.20 Å². The van der Waals surface area contributed by atoms with Crippen LogP contribution in [0.3, 0.4) is 0 Å². The molecule has 0 amide bonds. The van der Waals surface area contributed by atoms with Crippen LogP contribution in [0.2, 0.25) is 0 Å². The van der Waals surface area contributed by atoms with Crippen LogP contribution in [-0.2, 0) is 19.6 Å². The van der Waals surface area contributed by atoms with Gasteiger partial charge in [-0.3, -0.25) is 14.9 Å². The van der Waals surface area contributed by atoms with Crippen LogP contribution in [0.15, 0.2) is 55.2 Å². The summed E-state index contributed by atoms with van der Waals surface area (Å²) in [5, 5.41) is 0. The standard InChI is InChI=1S/C17H17N5/c1-3-14(9-18-5-1)12-21-7-8-22-16(11-20-17(22)13-21)15-4-2-6-19-10-15/h1-6,9-11H,7-8,12-13H2. The Morgan fingerprint density at radius 3 is 2.59 bits per heavy atom. The fourth-order valence-electron chi connectivity index (χ4n) is 2.94. The quantitative estimate of drug-likeness (QED) is 0.743. The minimum absolute atomic E-state index is 0.870. The minimum atomic E-state index is 0.870. The summed E-state index contributed by atoms with van der Waals surface area (Å²) in [6, 6.07) is 8.15. The van der Waals surface area contributed by atoms with Crippen molar-refractivity contribution in [1.82, 2.24) is 24.4 Å². The first-order valence-corrected chi connectivity index (χ1v) is 7.46. The number of hydrogen-bond acceptors (Lipinski definition) is 4. The van der Waals surface area contributed by atoms with E-state index in [9.17, 15) is 0 Å². The van der Waals surface area contributed by atoms with Crippen molar-refractivity contribution < 1.29 is 0 Å². The van der Waals surface area contributed by atoms with E-state index >= 15 is 0 Å². The highest BCUT2D eigenvalue weighted by Crippen LogP contribution is 2.23. The molecule has 0 radical (unpaired) electrons. The second-order valence-electron chi connectivity index (χ2n) is 5.52. The van der Waals surface area contributed by atoms with Gasteiger partial charge in [0.1, 0.15) is 5.82 Å². The van der Waals surface area contributed by atoms with Gasteiger partial charge in [-0.1, -0.05) is 6.07 Å². The largest absolute Gasteiger partial charge is 0.326 e. The van der Waals surface area contributed by atoms with E-state index in [4.69, 9.17) is 0 Å². The molecular formula is C17H17N5. The van der Waals surface area contributed by atoms with Gasteiger partial charge in [0.2, 0.25) is 0 Å². The summed E-state index contributed by atoms with van der Waals surface area (Å²) in [6.07, 6.45) is 9.40. The second kappa shape index (κ2) is 5.69. The van der Waals surface area contributed by atoms with Gasteiger partial charge in [-0.05, 0) is 23.8 Å². The summed E-state index contributed by atoms with van der Waals surface area (Å²) in [5.74, 6) is 1.12. The summed E-state index contributed by atoms with van der Waals surface area (Å²) in [6.45, 7) is 3.77. The first-order valence-electron chi connectivity index (χ1n) is 7.46. The molecule has 0 saturated heterocycles. The van der Waals surface area contributed by atoms with Crippen LogP contribution >= 0.6 is 0 Å². The van der Waals surface area contributed by atoms with Crippen LogP contribution in [0, 0.1) is 0 Å². The van der Waals surface area contributed by atoms with Crippen LogP contribution in [0.5, 0.6) is 0 Å². The summed E-state index contributed by atoms with van der Waals surface area (Å²) < 4.78 is 2.30. The average molecular weight is 291 g/mol. The van der Waals surface area contributed by atoms with Gasteiger partial charge in [-0.15, -0.1) is 0 Å². The fraction of sp³-hybridized carbons (Fsp3) is 0.235. The zero-order chi connectivity index (χ0) is 14.8. The number of imidazole rings is 1. The highest BCUT2D eigenvalue weighted by atomic mass is 15.2. The van der Waals surface area contributed by atoms with Gasteiger partial charge in [0.05, 0.1) is 18.4 Å². The van der Waals surface area contributed by atoms with Crippen LogP contribution in [-0.4, -0.2) is 31.0 Å². The Morgan fingerprint density at radius 1 is 0.955 bits per heavy atom. The van der Waals surface area contributed by atoms with Crippen LogP contribution in [0.1, 0.15) is 11.4 Å². The lowest BCUT2D eigenvalue weighted by Gasteiger charge is -2.28. The average Bonchev–Trinajstić information content (AvgIpc) is 3.00. The SMILES string of the molecule is c1cncc(CN2CCn3c(-c4cccnc4)cnc3C2)c1. The summed E-state index contributed by atoms with van der Waals surface area (Å²) in [5.41, 5.74) is 3.53. The van der Waals surface area contributed by atoms with Gasteiger partial charge in [-0.2, -0.15) is 0 Å². The van der Waals surface area contributed by atoms with Gasteiger partial charge >= 0.3 is 0 Å².